The Balaban J connectivity index is 1.78. The molecular weight excluding hydrogens is 454 g/mol. The van der Waals surface area contributed by atoms with E-state index in [1.807, 2.05) is 27.7 Å². The third-order valence-electron chi connectivity index (χ3n) is 4.46. The van der Waals surface area contributed by atoms with Crippen LogP contribution in [0.25, 0.3) is 10.2 Å². The number of aromatic nitrogens is 1. The van der Waals surface area contributed by atoms with Gasteiger partial charge >= 0.3 is 0 Å². The summed E-state index contributed by atoms with van der Waals surface area (Å²) in [5.41, 5.74) is 1.11. The summed E-state index contributed by atoms with van der Waals surface area (Å²) >= 11 is 7.32. The second-order valence-electron chi connectivity index (χ2n) is 8.22. The number of anilines is 1. The van der Waals surface area contributed by atoms with Crippen LogP contribution in [0.5, 0.6) is 0 Å². The van der Waals surface area contributed by atoms with Gasteiger partial charge in [0.2, 0.25) is 10.0 Å². The van der Waals surface area contributed by atoms with Crippen molar-refractivity contribution in [3.8, 4) is 0 Å². The maximum absolute atomic E-state index is 13.1. The van der Waals surface area contributed by atoms with E-state index in [1.54, 1.807) is 18.2 Å². The van der Waals surface area contributed by atoms with Gasteiger partial charge in [-0.3, -0.25) is 10.1 Å². The van der Waals surface area contributed by atoms with Gasteiger partial charge in [0.05, 0.1) is 15.1 Å². The Morgan fingerprint density at radius 3 is 2.26 bits per heavy atom. The van der Waals surface area contributed by atoms with Crippen LogP contribution in [0.1, 0.15) is 38.1 Å². The van der Waals surface area contributed by atoms with E-state index in [-0.39, 0.29) is 22.6 Å². The molecule has 0 unspecified atom stereocenters. The molecule has 0 fully saturated rings. The number of sulfonamides is 1. The highest BCUT2D eigenvalue weighted by atomic mass is 35.5. The first-order chi connectivity index (χ1) is 14.6. The SMILES string of the molecule is CC(C)CN(CC(C)C)S(=O)(=O)c1ccc(C(=O)Nc2nc3ccc(Cl)cc3s2)cc1. The van der Waals surface area contributed by atoms with Gasteiger partial charge in [0.15, 0.2) is 5.13 Å². The number of nitrogens with zero attached hydrogens (tertiary/aromatic N) is 2. The van der Waals surface area contributed by atoms with Crippen LogP contribution in [0, 0.1) is 11.8 Å². The maximum Gasteiger partial charge on any atom is 0.257 e. The number of rotatable bonds is 8. The van der Waals surface area contributed by atoms with E-state index in [0.717, 1.165) is 10.2 Å². The summed E-state index contributed by atoms with van der Waals surface area (Å²) in [6.07, 6.45) is 0. The van der Waals surface area contributed by atoms with Crippen molar-refractivity contribution in [2.75, 3.05) is 18.4 Å². The van der Waals surface area contributed by atoms with Crippen LogP contribution in [0.3, 0.4) is 0 Å². The fourth-order valence-corrected chi connectivity index (χ4v) is 6.04. The summed E-state index contributed by atoms with van der Waals surface area (Å²) in [7, 11) is -3.64. The third kappa shape index (κ3) is 5.83. The highest BCUT2D eigenvalue weighted by Gasteiger charge is 2.26. The Morgan fingerprint density at radius 1 is 1.06 bits per heavy atom. The largest absolute Gasteiger partial charge is 0.298 e. The molecule has 0 saturated carbocycles. The van der Waals surface area contributed by atoms with Gasteiger partial charge in [-0.2, -0.15) is 4.31 Å². The van der Waals surface area contributed by atoms with Crippen molar-refractivity contribution in [3.63, 3.8) is 0 Å². The molecule has 3 aromatic rings. The molecule has 0 bridgehead atoms. The fourth-order valence-electron chi connectivity index (χ4n) is 3.13. The Kier molecular flexibility index (Phi) is 7.36. The molecule has 1 aromatic heterocycles. The second kappa shape index (κ2) is 9.65. The topological polar surface area (TPSA) is 79.4 Å². The molecule has 1 amide bonds. The van der Waals surface area contributed by atoms with Crippen molar-refractivity contribution < 1.29 is 13.2 Å². The minimum Gasteiger partial charge on any atom is -0.298 e. The minimum absolute atomic E-state index is 0.181. The van der Waals surface area contributed by atoms with Gasteiger partial charge in [0.1, 0.15) is 0 Å². The summed E-state index contributed by atoms with van der Waals surface area (Å²) in [6, 6.07) is 11.3. The number of thiazole rings is 1. The van der Waals surface area contributed by atoms with E-state index in [0.29, 0.717) is 28.8 Å². The quantitative estimate of drug-likeness (QED) is 0.462. The van der Waals surface area contributed by atoms with E-state index in [9.17, 15) is 13.2 Å². The number of carbonyl (C=O) groups is 1. The zero-order valence-electron chi connectivity index (χ0n) is 17.9. The summed E-state index contributed by atoms with van der Waals surface area (Å²) in [4.78, 5) is 17.2. The highest BCUT2D eigenvalue weighted by Crippen LogP contribution is 2.28. The van der Waals surface area contributed by atoms with Gasteiger partial charge in [-0.05, 0) is 54.3 Å². The zero-order valence-corrected chi connectivity index (χ0v) is 20.3. The standard InChI is InChI=1S/C22H26ClN3O3S2/c1-14(2)12-26(13-15(3)4)31(28,29)18-8-5-16(6-9-18)21(27)25-22-24-19-10-7-17(23)11-20(19)30-22/h5-11,14-15H,12-13H2,1-4H3,(H,24,25,27). The molecule has 0 atom stereocenters. The first-order valence-electron chi connectivity index (χ1n) is 10.0. The van der Waals surface area contributed by atoms with Crippen molar-refractivity contribution in [3.05, 3.63) is 53.1 Å². The Bertz CT molecular complexity index is 1160. The van der Waals surface area contributed by atoms with Gasteiger partial charge in [-0.25, -0.2) is 13.4 Å². The molecule has 0 radical (unpaired) electrons. The smallest absolute Gasteiger partial charge is 0.257 e. The van der Waals surface area contributed by atoms with Gasteiger partial charge in [-0.1, -0.05) is 50.6 Å². The van der Waals surface area contributed by atoms with Crippen molar-refractivity contribution in [2.45, 2.75) is 32.6 Å². The first kappa shape index (κ1) is 23.7. The molecule has 0 spiro atoms. The van der Waals surface area contributed by atoms with Crippen LogP contribution in [0.4, 0.5) is 5.13 Å². The van der Waals surface area contributed by atoms with Gasteiger partial charge in [-0.15, -0.1) is 0 Å². The first-order valence-corrected chi connectivity index (χ1v) is 12.7. The van der Waals surface area contributed by atoms with E-state index in [1.165, 1.54) is 39.9 Å². The van der Waals surface area contributed by atoms with E-state index >= 15 is 0 Å². The average molecular weight is 480 g/mol. The monoisotopic (exact) mass is 479 g/mol. The maximum atomic E-state index is 13.1. The van der Waals surface area contributed by atoms with Gasteiger partial charge in [0, 0.05) is 23.7 Å². The van der Waals surface area contributed by atoms with Crippen LogP contribution < -0.4 is 5.32 Å². The van der Waals surface area contributed by atoms with Gasteiger partial charge in [0.25, 0.3) is 5.91 Å². The van der Waals surface area contributed by atoms with Crippen LogP contribution in [-0.4, -0.2) is 36.7 Å². The molecule has 0 saturated heterocycles. The summed E-state index contributed by atoms with van der Waals surface area (Å²) in [5.74, 6) is 0.0693. The van der Waals surface area contributed by atoms with Crippen LogP contribution in [0.15, 0.2) is 47.4 Å². The number of benzene rings is 2. The lowest BCUT2D eigenvalue weighted by Crippen LogP contribution is -2.37. The summed E-state index contributed by atoms with van der Waals surface area (Å²) < 4.78 is 28.6. The molecule has 0 aliphatic carbocycles. The molecule has 0 aliphatic rings. The average Bonchev–Trinajstić information content (AvgIpc) is 3.08. The van der Waals surface area contributed by atoms with Crippen molar-refractivity contribution in [1.82, 2.24) is 9.29 Å². The number of nitrogens with one attached hydrogen (secondary N) is 1. The van der Waals surface area contributed by atoms with E-state index < -0.39 is 10.0 Å². The second-order valence-corrected chi connectivity index (χ2v) is 11.6. The minimum atomic E-state index is -3.64. The van der Waals surface area contributed by atoms with E-state index in [4.69, 9.17) is 11.6 Å². The van der Waals surface area contributed by atoms with Crippen LogP contribution in [0.2, 0.25) is 5.02 Å². The number of hydrogen-bond acceptors (Lipinski definition) is 5. The normalized spacial score (nSPS) is 12.3. The summed E-state index contributed by atoms with van der Waals surface area (Å²) in [5, 5.41) is 3.83. The molecule has 6 nitrogen and oxygen atoms in total. The highest BCUT2D eigenvalue weighted by molar-refractivity contribution is 7.89. The number of hydrogen-bond donors (Lipinski definition) is 1. The van der Waals surface area contributed by atoms with Crippen molar-refractivity contribution in [1.29, 1.82) is 0 Å². The lowest BCUT2D eigenvalue weighted by Gasteiger charge is -2.25. The Morgan fingerprint density at radius 2 is 1.68 bits per heavy atom. The third-order valence-corrected chi connectivity index (χ3v) is 7.48. The molecule has 31 heavy (non-hydrogen) atoms. The molecule has 9 heteroatoms. The van der Waals surface area contributed by atoms with Gasteiger partial charge < -0.3 is 0 Å². The predicted octanol–water partition coefficient (Wildman–Crippen LogP) is 5.50. The number of amides is 1. The molecule has 2 aromatic carbocycles. The molecule has 1 heterocycles. The zero-order chi connectivity index (χ0) is 22.8. The van der Waals surface area contributed by atoms with Crippen molar-refractivity contribution in [2.24, 2.45) is 11.8 Å². The number of halogens is 1. The lowest BCUT2D eigenvalue weighted by molar-refractivity contribution is 0.102. The lowest BCUT2D eigenvalue weighted by atomic mass is 10.2. The van der Waals surface area contributed by atoms with Crippen LogP contribution >= 0.6 is 22.9 Å². The molecule has 0 aliphatic heterocycles. The molecular formula is C22H26ClN3O3S2. The summed E-state index contributed by atoms with van der Waals surface area (Å²) in [6.45, 7) is 8.87. The predicted molar refractivity (Wildman–Crippen MR) is 127 cm³/mol. The van der Waals surface area contributed by atoms with Crippen LogP contribution in [-0.2, 0) is 10.0 Å². The van der Waals surface area contributed by atoms with Crippen molar-refractivity contribution >= 4 is 54.2 Å². The molecule has 3 rings (SSSR count). The Hall–Kier alpha value is -2.00. The number of fused-ring (bicyclic) bond motifs is 1. The number of carbonyl (C=O) groups excluding carboxylic acids is 1. The molecule has 166 valence electrons. The fraction of sp³-hybridized carbons (Fsp3) is 0.364. The Labute approximate surface area is 192 Å². The molecule has 1 N–H and O–H groups in total. The van der Waals surface area contributed by atoms with E-state index in [2.05, 4.69) is 10.3 Å².